The average Bonchev–Trinajstić information content (AvgIpc) is 3.28. The van der Waals surface area contributed by atoms with Crippen molar-refractivity contribution < 1.29 is 24.5 Å². The van der Waals surface area contributed by atoms with Gasteiger partial charge in [-0.1, -0.05) is 6.92 Å². The van der Waals surface area contributed by atoms with Crippen molar-refractivity contribution in [2.45, 2.75) is 63.2 Å². The van der Waals surface area contributed by atoms with E-state index >= 15 is 0 Å². The summed E-state index contributed by atoms with van der Waals surface area (Å²) >= 11 is 0. The number of carbonyl (C=O) groups excluding carboxylic acids is 1. The van der Waals surface area contributed by atoms with Crippen LogP contribution < -0.4 is 5.32 Å². The Morgan fingerprint density at radius 2 is 2.04 bits per heavy atom. The highest BCUT2D eigenvalue weighted by Crippen LogP contribution is 2.62. The number of rotatable bonds is 5. The first-order chi connectivity index (χ1) is 11.8. The molecule has 0 amide bonds. The molecule has 142 valence electrons. The minimum absolute atomic E-state index is 0.00367. The zero-order valence-electron chi connectivity index (χ0n) is 15.3. The Morgan fingerprint density at radius 3 is 2.68 bits per heavy atom. The predicted molar refractivity (Wildman–Crippen MR) is 90.8 cm³/mol. The fraction of sp³-hybridized carbons (Fsp3) is 0.947. The second-order valence-electron chi connectivity index (χ2n) is 9.36. The van der Waals surface area contributed by atoms with Gasteiger partial charge in [0.25, 0.3) is 0 Å². The van der Waals surface area contributed by atoms with E-state index in [0.717, 1.165) is 25.9 Å². The highest BCUT2D eigenvalue weighted by atomic mass is 16.6. The number of carbonyl (C=O) groups is 1. The Bertz CT molecular complexity index is 544. The maximum Gasteiger partial charge on any atom is 0.310 e. The largest absolute Gasteiger partial charge is 0.462 e. The van der Waals surface area contributed by atoms with Gasteiger partial charge in [0.2, 0.25) is 0 Å². The standard InChI is InChI=1S/C19H31NO5/c1-17-4-3-5-19(11-24-19)15(17)6-12-13(16(23)25-14(12)7-17)8-20-18(2,9-21)10-22/h12-15,20-22H,3-11H2,1-2H3. The van der Waals surface area contributed by atoms with Crippen LogP contribution in [0.4, 0.5) is 0 Å². The van der Waals surface area contributed by atoms with Crippen molar-refractivity contribution in [2.24, 2.45) is 23.2 Å². The third kappa shape index (κ3) is 2.82. The van der Waals surface area contributed by atoms with E-state index in [9.17, 15) is 15.0 Å². The summed E-state index contributed by atoms with van der Waals surface area (Å²) < 4.78 is 11.7. The van der Waals surface area contributed by atoms with Crippen LogP contribution in [-0.4, -0.2) is 59.8 Å². The van der Waals surface area contributed by atoms with Crippen molar-refractivity contribution in [3.63, 3.8) is 0 Å². The first-order valence-corrected chi connectivity index (χ1v) is 9.66. The smallest absolute Gasteiger partial charge is 0.310 e. The van der Waals surface area contributed by atoms with Crippen molar-refractivity contribution in [3.8, 4) is 0 Å². The SMILES string of the molecule is CC(CO)(CO)NCC1C(=O)OC2CC3(C)CCCC4(CO4)C3CC21. The molecule has 6 heteroatoms. The molecule has 0 aromatic heterocycles. The second-order valence-corrected chi connectivity index (χ2v) is 9.36. The fourth-order valence-electron chi connectivity index (χ4n) is 5.71. The summed E-state index contributed by atoms with van der Waals surface area (Å²) in [5, 5.41) is 22.1. The van der Waals surface area contributed by atoms with Crippen LogP contribution in [0.5, 0.6) is 0 Å². The maximum atomic E-state index is 12.5. The van der Waals surface area contributed by atoms with Crippen molar-refractivity contribution in [1.29, 1.82) is 0 Å². The first-order valence-electron chi connectivity index (χ1n) is 9.66. The number of esters is 1. The predicted octanol–water partition coefficient (Wildman–Crippen LogP) is 0.846. The fourth-order valence-corrected chi connectivity index (χ4v) is 5.71. The minimum Gasteiger partial charge on any atom is -0.462 e. The summed E-state index contributed by atoms with van der Waals surface area (Å²) in [7, 11) is 0. The molecule has 1 spiro atoms. The molecule has 4 aliphatic rings. The lowest BCUT2D eigenvalue weighted by molar-refractivity contribution is -0.147. The van der Waals surface area contributed by atoms with Gasteiger partial charge in [-0.15, -0.1) is 0 Å². The first kappa shape index (κ1) is 17.7. The molecular formula is C19H31NO5. The van der Waals surface area contributed by atoms with Crippen LogP contribution in [0.3, 0.4) is 0 Å². The van der Waals surface area contributed by atoms with E-state index in [1.807, 2.05) is 0 Å². The zero-order chi connectivity index (χ0) is 17.9. The van der Waals surface area contributed by atoms with E-state index in [2.05, 4.69) is 12.2 Å². The molecule has 2 aliphatic heterocycles. The molecule has 0 radical (unpaired) electrons. The summed E-state index contributed by atoms with van der Waals surface area (Å²) in [6, 6.07) is 0. The third-order valence-corrected chi connectivity index (χ3v) is 7.53. The summed E-state index contributed by atoms with van der Waals surface area (Å²) in [5.41, 5.74) is -0.497. The Hall–Kier alpha value is -0.690. The number of fused-ring (bicyclic) bond motifs is 3. The minimum atomic E-state index is -0.771. The van der Waals surface area contributed by atoms with Gasteiger partial charge in [-0.05, 0) is 50.4 Å². The molecule has 0 aromatic rings. The number of aliphatic hydroxyl groups is 2. The van der Waals surface area contributed by atoms with Crippen LogP contribution in [-0.2, 0) is 14.3 Å². The highest BCUT2D eigenvalue weighted by molar-refractivity contribution is 5.75. The Balaban J connectivity index is 1.50. The summed E-state index contributed by atoms with van der Waals surface area (Å²) in [6.07, 6.45) is 5.47. The topological polar surface area (TPSA) is 91.3 Å². The third-order valence-electron chi connectivity index (χ3n) is 7.53. The van der Waals surface area contributed by atoms with Crippen LogP contribution in [0, 0.1) is 23.2 Å². The number of ether oxygens (including phenoxy) is 2. The molecule has 4 rings (SSSR count). The Morgan fingerprint density at radius 1 is 1.32 bits per heavy atom. The molecular weight excluding hydrogens is 322 g/mol. The number of hydrogen-bond donors (Lipinski definition) is 3. The van der Waals surface area contributed by atoms with E-state index in [-0.39, 0.29) is 48.1 Å². The van der Waals surface area contributed by atoms with E-state index < -0.39 is 5.54 Å². The number of hydrogen-bond acceptors (Lipinski definition) is 6. The lowest BCUT2D eigenvalue weighted by atomic mass is 9.53. The van der Waals surface area contributed by atoms with Crippen LogP contribution in [0.2, 0.25) is 0 Å². The second kappa shape index (κ2) is 5.91. The van der Waals surface area contributed by atoms with Crippen LogP contribution in [0.1, 0.15) is 46.0 Å². The Labute approximate surface area is 149 Å². The van der Waals surface area contributed by atoms with Crippen molar-refractivity contribution >= 4 is 5.97 Å². The van der Waals surface area contributed by atoms with Crippen molar-refractivity contribution in [1.82, 2.24) is 5.32 Å². The van der Waals surface area contributed by atoms with Gasteiger partial charge < -0.3 is 25.0 Å². The van der Waals surface area contributed by atoms with Gasteiger partial charge in [-0.3, -0.25) is 4.79 Å². The molecule has 25 heavy (non-hydrogen) atoms. The maximum absolute atomic E-state index is 12.5. The molecule has 0 aromatic carbocycles. The number of epoxide rings is 1. The van der Waals surface area contributed by atoms with E-state index in [1.54, 1.807) is 6.92 Å². The summed E-state index contributed by atoms with van der Waals surface area (Å²) in [5.74, 6) is 0.381. The molecule has 2 saturated carbocycles. The lowest BCUT2D eigenvalue weighted by Crippen LogP contribution is -2.53. The molecule has 6 unspecified atom stereocenters. The van der Waals surface area contributed by atoms with E-state index in [0.29, 0.717) is 12.5 Å². The van der Waals surface area contributed by atoms with Gasteiger partial charge >= 0.3 is 5.97 Å². The molecule has 6 nitrogen and oxygen atoms in total. The summed E-state index contributed by atoms with van der Waals surface area (Å²) in [4.78, 5) is 12.5. The lowest BCUT2D eigenvalue weighted by Gasteiger charge is -2.51. The van der Waals surface area contributed by atoms with Crippen LogP contribution >= 0.6 is 0 Å². The molecule has 0 bridgehead atoms. The molecule has 2 saturated heterocycles. The van der Waals surface area contributed by atoms with Gasteiger partial charge in [0.1, 0.15) is 6.10 Å². The summed E-state index contributed by atoms with van der Waals surface area (Å²) in [6.45, 7) is 5.08. The van der Waals surface area contributed by atoms with E-state index in [1.165, 1.54) is 12.8 Å². The van der Waals surface area contributed by atoms with Gasteiger partial charge in [-0.2, -0.15) is 0 Å². The number of aliphatic hydroxyl groups excluding tert-OH is 2. The highest BCUT2D eigenvalue weighted by Gasteiger charge is 2.65. The molecule has 4 fully saturated rings. The molecule has 6 atom stereocenters. The van der Waals surface area contributed by atoms with Gasteiger partial charge in [-0.25, -0.2) is 0 Å². The normalized spacial score (nSPS) is 45.8. The molecule has 2 heterocycles. The zero-order valence-corrected chi connectivity index (χ0v) is 15.3. The number of nitrogens with one attached hydrogen (secondary N) is 1. The molecule has 3 N–H and O–H groups in total. The van der Waals surface area contributed by atoms with Gasteiger partial charge in [0.15, 0.2) is 0 Å². The van der Waals surface area contributed by atoms with E-state index in [4.69, 9.17) is 9.47 Å². The average molecular weight is 353 g/mol. The van der Waals surface area contributed by atoms with Crippen molar-refractivity contribution in [2.75, 3.05) is 26.4 Å². The molecule has 2 aliphatic carbocycles. The Kier molecular flexibility index (Phi) is 4.19. The van der Waals surface area contributed by atoms with Crippen LogP contribution in [0.15, 0.2) is 0 Å². The quantitative estimate of drug-likeness (QED) is 0.501. The van der Waals surface area contributed by atoms with Crippen molar-refractivity contribution in [3.05, 3.63) is 0 Å². The van der Waals surface area contributed by atoms with Crippen LogP contribution in [0.25, 0.3) is 0 Å². The van der Waals surface area contributed by atoms with Gasteiger partial charge in [0.05, 0.1) is 36.9 Å². The van der Waals surface area contributed by atoms with Gasteiger partial charge in [0, 0.05) is 12.5 Å². The monoisotopic (exact) mass is 353 g/mol.